The van der Waals surface area contributed by atoms with Crippen molar-refractivity contribution in [3.8, 4) is 0 Å². The molecule has 9 heteroatoms. The van der Waals surface area contributed by atoms with Gasteiger partial charge in [0.2, 0.25) is 0 Å². The number of nitrogens with one attached hydrogen (secondary N) is 2. The Bertz CT molecular complexity index is 1250. The van der Waals surface area contributed by atoms with Crippen LogP contribution in [0.3, 0.4) is 0 Å². The number of fused-ring (bicyclic) bond motifs is 1. The van der Waals surface area contributed by atoms with Crippen LogP contribution in [0, 0.1) is 12.7 Å². The average Bonchev–Trinajstić information content (AvgIpc) is 3.25. The summed E-state index contributed by atoms with van der Waals surface area (Å²) in [5, 5.41) is 3.19. The van der Waals surface area contributed by atoms with Gasteiger partial charge in [-0.2, -0.15) is 0 Å². The predicted molar refractivity (Wildman–Crippen MR) is 112 cm³/mol. The van der Waals surface area contributed by atoms with Gasteiger partial charge in [-0.25, -0.2) is 14.1 Å². The quantitative estimate of drug-likeness (QED) is 0.488. The van der Waals surface area contributed by atoms with E-state index in [-0.39, 0.29) is 16.5 Å². The molecule has 2 heterocycles. The molecule has 6 nitrogen and oxygen atoms in total. The van der Waals surface area contributed by atoms with Crippen LogP contribution in [0.25, 0.3) is 11.0 Å². The van der Waals surface area contributed by atoms with Crippen LogP contribution < -0.4 is 10.7 Å². The second-order valence-corrected chi connectivity index (χ2v) is 7.70. The van der Waals surface area contributed by atoms with Gasteiger partial charge in [0, 0.05) is 0 Å². The Labute approximate surface area is 173 Å². The van der Waals surface area contributed by atoms with Crippen molar-refractivity contribution in [1.82, 2.24) is 9.66 Å². The molecule has 29 heavy (non-hydrogen) atoms. The van der Waals surface area contributed by atoms with Crippen molar-refractivity contribution in [3.05, 3.63) is 81.7 Å². The smallest absolute Gasteiger partial charge is 0.280 e. The van der Waals surface area contributed by atoms with Crippen molar-refractivity contribution in [2.24, 2.45) is 0 Å². The first kappa shape index (κ1) is 19.1. The normalized spacial score (nSPS) is 10.9. The van der Waals surface area contributed by atoms with Gasteiger partial charge in [-0.1, -0.05) is 23.7 Å². The number of carbonyl (C=O) groups excluding carboxylic acids is 2. The lowest BCUT2D eigenvalue weighted by Crippen LogP contribution is -2.21. The van der Waals surface area contributed by atoms with E-state index in [1.54, 1.807) is 17.7 Å². The molecular formula is C20H14ClFN4O2S. The van der Waals surface area contributed by atoms with E-state index in [1.807, 2.05) is 24.3 Å². The minimum atomic E-state index is -0.524. The first-order valence-corrected chi connectivity index (χ1v) is 9.72. The molecule has 0 aliphatic carbocycles. The summed E-state index contributed by atoms with van der Waals surface area (Å²) < 4.78 is 14.7. The fourth-order valence-electron chi connectivity index (χ4n) is 2.83. The topological polar surface area (TPSA) is 76.0 Å². The average molecular weight is 429 g/mol. The van der Waals surface area contributed by atoms with Crippen molar-refractivity contribution in [3.63, 3.8) is 0 Å². The molecule has 0 saturated heterocycles. The van der Waals surface area contributed by atoms with Gasteiger partial charge in [-0.05, 0) is 48.9 Å². The van der Waals surface area contributed by atoms with Crippen molar-refractivity contribution in [2.75, 3.05) is 10.7 Å². The summed E-state index contributed by atoms with van der Waals surface area (Å²) in [6, 6.07) is 12.7. The summed E-state index contributed by atoms with van der Waals surface area (Å²) >= 11 is 7.07. The fraction of sp³-hybridized carbons (Fsp3) is 0.0500. The summed E-state index contributed by atoms with van der Waals surface area (Å²) in [6.45, 7) is 1.78. The zero-order valence-corrected chi connectivity index (χ0v) is 16.6. The molecule has 0 bridgehead atoms. The maximum atomic E-state index is 13.2. The zero-order valence-electron chi connectivity index (χ0n) is 15.1. The number of amides is 2. The number of aromatic nitrogens is 2. The highest BCUT2D eigenvalue weighted by molar-refractivity contribution is 7.18. The molecule has 0 aliphatic heterocycles. The molecule has 0 atom stereocenters. The highest BCUT2D eigenvalue weighted by Gasteiger charge is 2.18. The molecule has 0 saturated carbocycles. The van der Waals surface area contributed by atoms with Crippen LogP contribution in [0.1, 0.15) is 25.6 Å². The summed E-state index contributed by atoms with van der Waals surface area (Å²) in [5.41, 5.74) is 5.18. The molecule has 0 radical (unpaired) electrons. The number of rotatable bonds is 4. The number of nitrogens with zero attached hydrogens (tertiary/aromatic N) is 2. The number of aryl methyl sites for hydroxylation is 1. The van der Waals surface area contributed by atoms with Gasteiger partial charge in [0.15, 0.2) is 0 Å². The monoisotopic (exact) mass is 428 g/mol. The lowest BCUT2D eigenvalue weighted by atomic mass is 10.2. The Balaban J connectivity index is 1.53. The molecule has 2 aromatic heterocycles. The number of para-hydroxylation sites is 2. The third-order valence-electron chi connectivity index (χ3n) is 4.21. The van der Waals surface area contributed by atoms with E-state index >= 15 is 0 Å². The van der Waals surface area contributed by atoms with Crippen LogP contribution >= 0.6 is 22.9 Å². The summed E-state index contributed by atoms with van der Waals surface area (Å²) in [7, 11) is 0. The Morgan fingerprint density at radius 3 is 2.72 bits per heavy atom. The van der Waals surface area contributed by atoms with Gasteiger partial charge < -0.3 is 5.32 Å². The maximum absolute atomic E-state index is 13.2. The molecule has 0 spiro atoms. The number of benzene rings is 2. The Kier molecular flexibility index (Phi) is 5.04. The highest BCUT2D eigenvalue weighted by atomic mass is 35.5. The van der Waals surface area contributed by atoms with Crippen LogP contribution in [-0.2, 0) is 0 Å². The molecule has 2 aromatic carbocycles. The van der Waals surface area contributed by atoms with Crippen LogP contribution in [0.5, 0.6) is 0 Å². The number of carbonyl (C=O) groups is 2. The lowest BCUT2D eigenvalue weighted by Gasteiger charge is -2.06. The first-order valence-electron chi connectivity index (χ1n) is 8.52. The minimum Gasteiger partial charge on any atom is -0.313 e. The number of imidazole rings is 1. The number of hydrogen-bond acceptors (Lipinski definition) is 4. The molecule has 2 N–H and O–H groups in total. The van der Waals surface area contributed by atoms with Crippen molar-refractivity contribution >= 4 is 50.8 Å². The highest BCUT2D eigenvalue weighted by Crippen LogP contribution is 2.28. The van der Waals surface area contributed by atoms with E-state index in [9.17, 15) is 14.0 Å². The molecule has 2 amide bonds. The van der Waals surface area contributed by atoms with Gasteiger partial charge in [0.25, 0.3) is 11.8 Å². The molecule has 0 aliphatic rings. The van der Waals surface area contributed by atoms with E-state index in [1.165, 1.54) is 12.4 Å². The van der Waals surface area contributed by atoms with Gasteiger partial charge in [0.05, 0.1) is 31.5 Å². The van der Waals surface area contributed by atoms with Crippen LogP contribution in [0.4, 0.5) is 9.39 Å². The maximum Gasteiger partial charge on any atom is 0.280 e. The molecule has 0 unspecified atom stereocenters. The Morgan fingerprint density at radius 2 is 1.93 bits per heavy atom. The first-order chi connectivity index (χ1) is 13.9. The minimum absolute atomic E-state index is 0.0146. The van der Waals surface area contributed by atoms with Crippen LogP contribution in [0.15, 0.2) is 54.9 Å². The van der Waals surface area contributed by atoms with E-state index in [0.717, 1.165) is 34.5 Å². The van der Waals surface area contributed by atoms with Crippen molar-refractivity contribution in [2.45, 2.75) is 6.92 Å². The van der Waals surface area contributed by atoms with Crippen LogP contribution in [-0.4, -0.2) is 21.5 Å². The number of anilines is 1. The summed E-state index contributed by atoms with van der Waals surface area (Å²) in [6.07, 6.45) is 1.53. The van der Waals surface area contributed by atoms with E-state index < -0.39 is 11.7 Å². The largest absolute Gasteiger partial charge is 0.313 e. The van der Waals surface area contributed by atoms with Gasteiger partial charge >= 0.3 is 0 Å². The number of hydrogen-bond donors (Lipinski definition) is 2. The second kappa shape index (κ2) is 7.65. The third kappa shape index (κ3) is 3.85. The van der Waals surface area contributed by atoms with Crippen LogP contribution in [0.2, 0.25) is 5.02 Å². The number of halogens is 2. The predicted octanol–water partition coefficient (Wildman–Crippen LogP) is 4.83. The Morgan fingerprint density at radius 1 is 1.14 bits per heavy atom. The lowest BCUT2D eigenvalue weighted by molar-refractivity contribution is 0.101. The van der Waals surface area contributed by atoms with E-state index in [0.29, 0.717) is 15.4 Å². The van der Waals surface area contributed by atoms with Gasteiger partial charge in [-0.15, -0.1) is 11.3 Å². The van der Waals surface area contributed by atoms with Crippen molar-refractivity contribution < 1.29 is 14.0 Å². The molecule has 4 rings (SSSR count). The fourth-order valence-corrected chi connectivity index (χ4v) is 4.04. The van der Waals surface area contributed by atoms with E-state index in [2.05, 4.69) is 15.7 Å². The van der Waals surface area contributed by atoms with Gasteiger partial charge in [-0.3, -0.25) is 15.0 Å². The standard InChI is InChI=1S/C20H14ClFN4O2S/c1-11-8-17(24-19(27)13-7-6-12(22)9-14(13)21)29-18(11)20(28)25-26-10-23-15-4-2-3-5-16(15)26/h2-10H,1H3,(H,24,27)(H,25,28). The number of thiophene rings is 1. The summed E-state index contributed by atoms with van der Waals surface area (Å²) in [4.78, 5) is 29.8. The van der Waals surface area contributed by atoms with Crippen molar-refractivity contribution in [1.29, 1.82) is 0 Å². The summed E-state index contributed by atoms with van der Waals surface area (Å²) in [5.74, 6) is -1.33. The Hall–Kier alpha value is -3.23. The second-order valence-electron chi connectivity index (χ2n) is 6.25. The molecule has 4 aromatic rings. The molecule has 146 valence electrons. The molecular weight excluding hydrogens is 415 g/mol. The van der Waals surface area contributed by atoms with Gasteiger partial charge in [0.1, 0.15) is 12.1 Å². The van der Waals surface area contributed by atoms with E-state index in [4.69, 9.17) is 11.6 Å². The third-order valence-corrected chi connectivity index (χ3v) is 5.68. The molecule has 0 fully saturated rings. The SMILES string of the molecule is Cc1cc(NC(=O)c2ccc(F)cc2Cl)sc1C(=O)Nn1cnc2ccccc21. The zero-order chi connectivity index (χ0) is 20.5.